The van der Waals surface area contributed by atoms with Crippen molar-refractivity contribution in [2.75, 3.05) is 32.8 Å². The van der Waals surface area contributed by atoms with E-state index in [9.17, 15) is 18.4 Å². The molecule has 2 aliphatic rings. The van der Waals surface area contributed by atoms with Crippen molar-refractivity contribution in [1.82, 2.24) is 14.8 Å². The van der Waals surface area contributed by atoms with Crippen LogP contribution in [0.2, 0.25) is 0 Å². The molecule has 2 atom stereocenters. The molecule has 186 valence electrons. The molecule has 0 N–H and O–H groups in total. The molecule has 0 aliphatic carbocycles. The van der Waals surface area contributed by atoms with Crippen molar-refractivity contribution in [2.45, 2.75) is 18.1 Å². The molecule has 2 fully saturated rings. The lowest BCUT2D eigenvalue weighted by atomic mass is 9.83. The van der Waals surface area contributed by atoms with Crippen LogP contribution in [-0.4, -0.2) is 65.0 Å². The minimum atomic E-state index is -1.26. The van der Waals surface area contributed by atoms with Crippen LogP contribution in [0.4, 0.5) is 8.78 Å². The number of likely N-dealkylation sites (tertiary alicyclic amines) is 1. The number of pyridine rings is 1. The minimum Gasteiger partial charge on any atom is -0.481 e. The number of aromatic nitrogens is 1. The molecule has 9 heteroatoms. The monoisotopic (exact) mass is 493 g/mol. The van der Waals surface area contributed by atoms with Crippen LogP contribution in [0.5, 0.6) is 5.75 Å². The van der Waals surface area contributed by atoms with E-state index in [0.717, 1.165) is 29.3 Å². The zero-order chi connectivity index (χ0) is 25.1. The second-order valence-corrected chi connectivity index (χ2v) is 8.93. The van der Waals surface area contributed by atoms with Crippen LogP contribution in [0.15, 0.2) is 73.1 Å². The van der Waals surface area contributed by atoms with E-state index in [0.29, 0.717) is 13.1 Å². The van der Waals surface area contributed by atoms with Crippen molar-refractivity contribution in [1.29, 1.82) is 0 Å². The number of halogens is 2. The Morgan fingerprint density at radius 1 is 1.14 bits per heavy atom. The Bertz CT molecular complexity index is 1240. The Balaban J connectivity index is 1.37. The first-order chi connectivity index (χ1) is 17.5. The fraction of sp³-hybridized carbons (Fsp3) is 0.296. The van der Waals surface area contributed by atoms with Crippen molar-refractivity contribution in [2.24, 2.45) is 0 Å². The van der Waals surface area contributed by atoms with Gasteiger partial charge in [0.05, 0.1) is 13.2 Å². The molecule has 2 aromatic carbocycles. The molecule has 7 nitrogen and oxygen atoms in total. The van der Waals surface area contributed by atoms with Crippen molar-refractivity contribution in [3.05, 3.63) is 95.8 Å². The summed E-state index contributed by atoms with van der Waals surface area (Å²) in [6.07, 6.45) is 3.39. The van der Waals surface area contributed by atoms with Crippen LogP contribution in [0.3, 0.4) is 0 Å². The lowest BCUT2D eigenvalue weighted by molar-refractivity contribution is -0.168. The van der Waals surface area contributed by atoms with E-state index >= 15 is 0 Å². The van der Waals surface area contributed by atoms with Gasteiger partial charge in [0.1, 0.15) is 5.82 Å². The number of ether oxygens (including phenoxy) is 2. The standard InChI is InChI=1S/C27H25F2N3O4/c28-21-8-9-23(29)24(13-21)35-17-25(33)31-11-12-36-27(18-31)22(20-6-2-1-3-7-20)16-32(26(27)34)15-19-5-4-10-30-14-19/h1-10,13-14,22H,11-12,15-18H2. The highest BCUT2D eigenvalue weighted by Gasteiger charge is 2.58. The van der Waals surface area contributed by atoms with Crippen LogP contribution in [0, 0.1) is 11.6 Å². The van der Waals surface area contributed by atoms with Crippen LogP contribution >= 0.6 is 0 Å². The summed E-state index contributed by atoms with van der Waals surface area (Å²) in [6, 6.07) is 16.2. The van der Waals surface area contributed by atoms with Gasteiger partial charge in [0, 0.05) is 44.0 Å². The van der Waals surface area contributed by atoms with Crippen molar-refractivity contribution >= 4 is 11.8 Å². The number of rotatable bonds is 6. The van der Waals surface area contributed by atoms with E-state index < -0.39 is 29.7 Å². The summed E-state index contributed by atoms with van der Waals surface area (Å²) in [6.45, 7) is 0.757. The van der Waals surface area contributed by atoms with Crippen LogP contribution in [0.1, 0.15) is 17.0 Å². The highest BCUT2D eigenvalue weighted by atomic mass is 19.1. The van der Waals surface area contributed by atoms with E-state index in [1.165, 1.54) is 4.90 Å². The lowest BCUT2D eigenvalue weighted by Crippen LogP contribution is -2.60. The zero-order valence-electron chi connectivity index (χ0n) is 19.5. The summed E-state index contributed by atoms with van der Waals surface area (Å²) >= 11 is 0. The van der Waals surface area contributed by atoms with Crippen molar-refractivity contribution in [3.63, 3.8) is 0 Å². The topological polar surface area (TPSA) is 72.0 Å². The minimum absolute atomic E-state index is 0.0305. The van der Waals surface area contributed by atoms with Gasteiger partial charge in [-0.1, -0.05) is 36.4 Å². The Labute approximate surface area is 207 Å². The molecule has 2 aliphatic heterocycles. The first kappa shape index (κ1) is 23.9. The number of nitrogens with zero attached hydrogens (tertiary/aromatic N) is 3. The van der Waals surface area contributed by atoms with E-state index in [4.69, 9.17) is 9.47 Å². The van der Waals surface area contributed by atoms with Crippen LogP contribution < -0.4 is 4.74 Å². The number of hydrogen-bond donors (Lipinski definition) is 0. The lowest BCUT2D eigenvalue weighted by Gasteiger charge is -2.42. The first-order valence-electron chi connectivity index (χ1n) is 11.7. The third kappa shape index (κ3) is 4.66. The van der Waals surface area contributed by atoms with Crippen LogP contribution in [0.25, 0.3) is 0 Å². The Morgan fingerprint density at radius 3 is 2.75 bits per heavy atom. The molecule has 0 saturated carbocycles. The molecule has 1 spiro atoms. The number of amides is 2. The van der Waals surface area contributed by atoms with E-state index in [1.807, 2.05) is 42.5 Å². The highest BCUT2D eigenvalue weighted by molar-refractivity contribution is 5.91. The molecular formula is C27H25F2N3O4. The molecule has 2 unspecified atom stereocenters. The summed E-state index contributed by atoms with van der Waals surface area (Å²) in [7, 11) is 0. The van der Waals surface area contributed by atoms with Gasteiger partial charge < -0.3 is 19.3 Å². The molecular weight excluding hydrogens is 468 g/mol. The maximum atomic E-state index is 13.9. The fourth-order valence-corrected chi connectivity index (χ4v) is 4.89. The van der Waals surface area contributed by atoms with Crippen molar-refractivity contribution < 1.29 is 27.8 Å². The van der Waals surface area contributed by atoms with Gasteiger partial charge in [0.25, 0.3) is 11.8 Å². The van der Waals surface area contributed by atoms with E-state index in [1.54, 1.807) is 17.3 Å². The second-order valence-electron chi connectivity index (χ2n) is 8.93. The fourth-order valence-electron chi connectivity index (χ4n) is 4.89. The average Bonchev–Trinajstić information content (AvgIpc) is 3.16. The predicted molar refractivity (Wildman–Crippen MR) is 126 cm³/mol. The number of hydrogen-bond acceptors (Lipinski definition) is 5. The highest BCUT2D eigenvalue weighted by Crippen LogP contribution is 2.42. The second kappa shape index (κ2) is 10.0. The number of carbonyl (C=O) groups is 2. The normalized spacial score (nSPS) is 21.7. The summed E-state index contributed by atoms with van der Waals surface area (Å²) in [4.78, 5) is 34.2. The summed E-state index contributed by atoms with van der Waals surface area (Å²) in [5.74, 6) is -2.71. The number of morpholine rings is 1. The number of carbonyl (C=O) groups excluding carboxylic acids is 2. The third-order valence-corrected chi connectivity index (χ3v) is 6.66. The van der Waals surface area contributed by atoms with Gasteiger partial charge in [0.15, 0.2) is 23.8 Å². The van der Waals surface area contributed by atoms with E-state index in [-0.39, 0.29) is 37.3 Å². The largest absolute Gasteiger partial charge is 0.481 e. The van der Waals surface area contributed by atoms with Crippen LogP contribution in [-0.2, 0) is 20.9 Å². The van der Waals surface area contributed by atoms with Gasteiger partial charge in [-0.2, -0.15) is 0 Å². The maximum Gasteiger partial charge on any atom is 0.260 e. The third-order valence-electron chi connectivity index (χ3n) is 6.66. The summed E-state index contributed by atoms with van der Waals surface area (Å²) in [5, 5.41) is 0. The van der Waals surface area contributed by atoms with Gasteiger partial charge in [-0.25, -0.2) is 8.78 Å². The Morgan fingerprint density at radius 2 is 1.97 bits per heavy atom. The molecule has 3 aromatic rings. The smallest absolute Gasteiger partial charge is 0.260 e. The van der Waals surface area contributed by atoms with Crippen molar-refractivity contribution in [3.8, 4) is 5.75 Å². The van der Waals surface area contributed by atoms with Gasteiger partial charge in [0.2, 0.25) is 0 Å². The number of benzene rings is 2. The maximum absolute atomic E-state index is 13.9. The Kier molecular flexibility index (Phi) is 6.65. The molecule has 1 aromatic heterocycles. The molecule has 2 amide bonds. The molecule has 36 heavy (non-hydrogen) atoms. The van der Waals surface area contributed by atoms with Gasteiger partial charge in [-0.05, 0) is 29.3 Å². The van der Waals surface area contributed by atoms with E-state index in [2.05, 4.69) is 4.98 Å². The molecule has 0 radical (unpaired) electrons. The molecule has 5 rings (SSSR count). The summed E-state index contributed by atoms with van der Waals surface area (Å²) < 4.78 is 38.9. The van der Waals surface area contributed by atoms with Gasteiger partial charge in [-0.3, -0.25) is 14.6 Å². The quantitative estimate of drug-likeness (QED) is 0.528. The molecule has 2 saturated heterocycles. The predicted octanol–water partition coefficient (Wildman–Crippen LogP) is 3.16. The first-order valence-corrected chi connectivity index (χ1v) is 11.7. The van der Waals surface area contributed by atoms with Gasteiger partial charge >= 0.3 is 0 Å². The van der Waals surface area contributed by atoms with Gasteiger partial charge in [-0.15, -0.1) is 0 Å². The molecule has 3 heterocycles. The zero-order valence-corrected chi connectivity index (χ0v) is 19.5. The molecule has 0 bridgehead atoms. The SMILES string of the molecule is O=C(COc1cc(F)ccc1F)N1CCOC2(C1)C(=O)N(Cc1cccnc1)CC2c1ccccc1. The average molecular weight is 494 g/mol. The summed E-state index contributed by atoms with van der Waals surface area (Å²) in [5.41, 5.74) is 0.567. The Hall–Kier alpha value is -3.85.